The second kappa shape index (κ2) is 7.94. The molecular formula is C17H20F2N4O4S. The largest absolute Gasteiger partial charge is 0.379 e. The molecule has 1 saturated heterocycles. The van der Waals surface area contributed by atoms with E-state index in [9.17, 15) is 22.0 Å². The minimum atomic E-state index is -3.79. The molecule has 152 valence electrons. The number of aryl methyl sites for hydroxylation is 1. The van der Waals surface area contributed by atoms with Gasteiger partial charge in [0, 0.05) is 13.1 Å². The molecule has 1 amide bonds. The Kier molecular flexibility index (Phi) is 5.77. The third-order valence-electron chi connectivity index (χ3n) is 4.40. The van der Waals surface area contributed by atoms with Crippen molar-refractivity contribution in [2.75, 3.05) is 31.6 Å². The number of morpholine rings is 1. The summed E-state index contributed by atoms with van der Waals surface area (Å²) < 4.78 is 60.9. The van der Waals surface area contributed by atoms with E-state index in [-0.39, 0.29) is 35.9 Å². The fourth-order valence-corrected chi connectivity index (χ4v) is 4.84. The first kappa shape index (κ1) is 20.4. The number of nitrogens with one attached hydrogen (secondary N) is 1. The third-order valence-corrected chi connectivity index (χ3v) is 6.56. The number of carbonyl (C=O) groups excluding carboxylic acids is 1. The molecule has 0 atom stereocenters. The lowest BCUT2D eigenvalue weighted by molar-refractivity contribution is -0.117. The molecule has 0 spiro atoms. The van der Waals surface area contributed by atoms with Crippen LogP contribution in [0.2, 0.25) is 0 Å². The molecule has 2 aromatic rings. The molecular weight excluding hydrogens is 394 g/mol. The molecule has 1 aromatic carbocycles. The minimum Gasteiger partial charge on any atom is -0.379 e. The van der Waals surface area contributed by atoms with Crippen molar-refractivity contribution in [3.05, 3.63) is 41.2 Å². The van der Waals surface area contributed by atoms with Gasteiger partial charge in [0.25, 0.3) is 0 Å². The number of sulfonamides is 1. The van der Waals surface area contributed by atoms with Gasteiger partial charge in [-0.3, -0.25) is 9.48 Å². The first-order chi connectivity index (χ1) is 13.2. The summed E-state index contributed by atoms with van der Waals surface area (Å²) in [5.74, 6) is -2.54. The number of anilines is 1. The molecule has 0 bridgehead atoms. The van der Waals surface area contributed by atoms with Gasteiger partial charge >= 0.3 is 0 Å². The highest BCUT2D eigenvalue weighted by molar-refractivity contribution is 7.89. The number of nitrogens with zero attached hydrogens (tertiary/aromatic N) is 3. The van der Waals surface area contributed by atoms with Gasteiger partial charge in [-0.05, 0) is 26.0 Å². The SMILES string of the molecule is Cc1nn(CC(=O)Nc2c(F)cccc2F)c(C)c1S(=O)(=O)N1CCOCC1. The highest BCUT2D eigenvalue weighted by atomic mass is 32.2. The topological polar surface area (TPSA) is 93.5 Å². The van der Waals surface area contributed by atoms with Crippen molar-refractivity contribution in [3.8, 4) is 0 Å². The predicted molar refractivity (Wildman–Crippen MR) is 96.3 cm³/mol. The zero-order valence-corrected chi connectivity index (χ0v) is 16.2. The maximum absolute atomic E-state index is 13.7. The van der Waals surface area contributed by atoms with Crippen molar-refractivity contribution in [3.63, 3.8) is 0 Å². The van der Waals surface area contributed by atoms with E-state index in [1.165, 1.54) is 28.9 Å². The molecule has 0 aliphatic carbocycles. The van der Waals surface area contributed by atoms with Crippen molar-refractivity contribution in [1.82, 2.24) is 14.1 Å². The van der Waals surface area contributed by atoms with Crippen LogP contribution in [0.25, 0.3) is 0 Å². The number of rotatable bonds is 5. The number of halogens is 2. The van der Waals surface area contributed by atoms with Crippen LogP contribution in [0.4, 0.5) is 14.5 Å². The summed E-state index contributed by atoms with van der Waals surface area (Å²) in [5.41, 5.74) is -0.0443. The second-order valence-corrected chi connectivity index (χ2v) is 8.19. The lowest BCUT2D eigenvalue weighted by Gasteiger charge is -2.26. The summed E-state index contributed by atoms with van der Waals surface area (Å²) in [5, 5.41) is 6.29. The number of aromatic nitrogens is 2. The Morgan fingerprint density at radius 1 is 1.21 bits per heavy atom. The van der Waals surface area contributed by atoms with Crippen LogP contribution in [0.3, 0.4) is 0 Å². The van der Waals surface area contributed by atoms with Crippen molar-refractivity contribution in [2.45, 2.75) is 25.3 Å². The van der Waals surface area contributed by atoms with Crippen LogP contribution in [0.5, 0.6) is 0 Å². The van der Waals surface area contributed by atoms with Gasteiger partial charge in [-0.25, -0.2) is 17.2 Å². The Morgan fingerprint density at radius 3 is 2.43 bits per heavy atom. The number of carbonyl (C=O) groups is 1. The van der Waals surface area contributed by atoms with E-state index in [2.05, 4.69) is 10.4 Å². The van der Waals surface area contributed by atoms with Crippen LogP contribution in [-0.2, 0) is 26.1 Å². The molecule has 11 heteroatoms. The van der Waals surface area contributed by atoms with Gasteiger partial charge in [0.2, 0.25) is 15.9 Å². The fourth-order valence-electron chi connectivity index (χ4n) is 3.06. The van der Waals surface area contributed by atoms with Gasteiger partial charge in [0.05, 0.1) is 24.6 Å². The summed E-state index contributed by atoms with van der Waals surface area (Å²) in [4.78, 5) is 12.3. The average molecular weight is 414 g/mol. The third kappa shape index (κ3) is 3.91. The van der Waals surface area contributed by atoms with E-state index in [1.807, 2.05) is 0 Å². The molecule has 0 saturated carbocycles. The Bertz CT molecular complexity index is 981. The van der Waals surface area contributed by atoms with E-state index in [4.69, 9.17) is 4.74 Å². The molecule has 1 aliphatic rings. The van der Waals surface area contributed by atoms with Gasteiger partial charge in [-0.1, -0.05) is 6.07 Å². The molecule has 0 unspecified atom stereocenters. The van der Waals surface area contributed by atoms with Crippen molar-refractivity contribution in [2.24, 2.45) is 0 Å². The van der Waals surface area contributed by atoms with Gasteiger partial charge in [0.15, 0.2) is 0 Å². The number of hydrogen-bond donors (Lipinski definition) is 1. The zero-order chi connectivity index (χ0) is 20.5. The maximum Gasteiger partial charge on any atom is 0.246 e. The number of para-hydroxylation sites is 1. The van der Waals surface area contributed by atoms with Crippen molar-refractivity contribution < 1.29 is 26.7 Å². The Balaban J connectivity index is 1.83. The summed E-state index contributed by atoms with van der Waals surface area (Å²) in [6.07, 6.45) is 0. The molecule has 1 fully saturated rings. The highest BCUT2D eigenvalue weighted by Gasteiger charge is 2.32. The molecule has 3 rings (SSSR count). The summed E-state index contributed by atoms with van der Waals surface area (Å²) in [7, 11) is -3.79. The summed E-state index contributed by atoms with van der Waals surface area (Å²) in [6.45, 7) is 3.76. The first-order valence-corrected chi connectivity index (χ1v) is 10.0. The van der Waals surface area contributed by atoms with E-state index >= 15 is 0 Å². The standard InChI is InChI=1S/C17H20F2N4O4S/c1-11-17(28(25,26)22-6-8-27-9-7-22)12(2)23(21-11)10-15(24)20-16-13(18)4-3-5-14(16)19/h3-5H,6-10H2,1-2H3,(H,20,24). The van der Waals surface area contributed by atoms with Crippen molar-refractivity contribution >= 4 is 21.6 Å². The molecule has 28 heavy (non-hydrogen) atoms. The second-order valence-electron chi connectivity index (χ2n) is 6.32. The Morgan fingerprint density at radius 2 is 1.82 bits per heavy atom. The smallest absolute Gasteiger partial charge is 0.246 e. The summed E-state index contributed by atoms with van der Waals surface area (Å²) in [6, 6.07) is 3.23. The number of hydrogen-bond acceptors (Lipinski definition) is 5. The van der Waals surface area contributed by atoms with E-state index < -0.39 is 33.3 Å². The molecule has 8 nitrogen and oxygen atoms in total. The zero-order valence-electron chi connectivity index (χ0n) is 15.4. The normalized spacial score (nSPS) is 15.6. The number of amides is 1. The fraction of sp³-hybridized carbons (Fsp3) is 0.412. The number of benzene rings is 1. The minimum absolute atomic E-state index is 0.0271. The van der Waals surface area contributed by atoms with Crippen LogP contribution in [0.1, 0.15) is 11.4 Å². The lowest BCUT2D eigenvalue weighted by Crippen LogP contribution is -2.41. The molecule has 2 heterocycles. The maximum atomic E-state index is 13.7. The predicted octanol–water partition coefficient (Wildman–Crippen LogP) is 1.44. The van der Waals surface area contributed by atoms with Crippen LogP contribution >= 0.6 is 0 Å². The van der Waals surface area contributed by atoms with Crippen LogP contribution in [0, 0.1) is 25.5 Å². The monoisotopic (exact) mass is 414 g/mol. The van der Waals surface area contributed by atoms with Crippen LogP contribution < -0.4 is 5.32 Å². The molecule has 1 N–H and O–H groups in total. The van der Waals surface area contributed by atoms with Crippen LogP contribution in [0.15, 0.2) is 23.1 Å². The van der Waals surface area contributed by atoms with Crippen LogP contribution in [-0.4, -0.2) is 54.7 Å². The summed E-state index contributed by atoms with van der Waals surface area (Å²) >= 11 is 0. The quantitative estimate of drug-likeness (QED) is 0.799. The highest BCUT2D eigenvalue weighted by Crippen LogP contribution is 2.24. The van der Waals surface area contributed by atoms with E-state index in [1.54, 1.807) is 0 Å². The lowest BCUT2D eigenvalue weighted by atomic mass is 10.3. The molecule has 1 aliphatic heterocycles. The van der Waals surface area contributed by atoms with Gasteiger partial charge in [0.1, 0.15) is 28.8 Å². The number of ether oxygens (including phenoxy) is 1. The van der Waals surface area contributed by atoms with Gasteiger partial charge < -0.3 is 10.1 Å². The van der Waals surface area contributed by atoms with Gasteiger partial charge in [-0.15, -0.1) is 0 Å². The van der Waals surface area contributed by atoms with Crippen molar-refractivity contribution in [1.29, 1.82) is 0 Å². The Hall–Kier alpha value is -2.37. The van der Waals surface area contributed by atoms with E-state index in [0.717, 1.165) is 12.1 Å². The average Bonchev–Trinajstić information content (AvgIpc) is 2.93. The first-order valence-electron chi connectivity index (χ1n) is 8.57. The van der Waals surface area contributed by atoms with E-state index in [0.29, 0.717) is 13.2 Å². The molecule has 1 aromatic heterocycles. The molecule has 0 radical (unpaired) electrons. The van der Waals surface area contributed by atoms with Gasteiger partial charge in [-0.2, -0.15) is 9.40 Å². The Labute approximate surface area is 161 Å².